The summed E-state index contributed by atoms with van der Waals surface area (Å²) in [5.41, 5.74) is 4.13. The standard InChI is InChI=1S/C16H27N/c1-6-8-15(9-7-2)17(5)16-11-10-13(3)14(4)12-16/h10-12,15H,6-9H2,1-5H3. The van der Waals surface area contributed by atoms with E-state index in [1.54, 1.807) is 0 Å². The van der Waals surface area contributed by atoms with Gasteiger partial charge in [0.25, 0.3) is 0 Å². The summed E-state index contributed by atoms with van der Waals surface area (Å²) in [5, 5.41) is 0. The molecule has 1 rings (SSSR count). The van der Waals surface area contributed by atoms with Gasteiger partial charge in [0.05, 0.1) is 0 Å². The van der Waals surface area contributed by atoms with E-state index in [1.807, 2.05) is 0 Å². The lowest BCUT2D eigenvalue weighted by Gasteiger charge is -2.30. The van der Waals surface area contributed by atoms with Crippen LogP contribution in [0.1, 0.15) is 50.7 Å². The fourth-order valence-electron chi connectivity index (χ4n) is 2.35. The molecule has 0 aliphatic rings. The smallest absolute Gasteiger partial charge is 0.0368 e. The van der Waals surface area contributed by atoms with Crippen LogP contribution in [0.5, 0.6) is 0 Å². The lowest BCUT2D eigenvalue weighted by molar-refractivity contribution is 0.528. The molecule has 0 atom stereocenters. The Morgan fingerprint density at radius 3 is 2.06 bits per heavy atom. The molecule has 1 aromatic carbocycles. The van der Waals surface area contributed by atoms with Crippen molar-refractivity contribution in [2.75, 3.05) is 11.9 Å². The van der Waals surface area contributed by atoms with Gasteiger partial charge in [0.2, 0.25) is 0 Å². The normalized spacial score (nSPS) is 10.9. The summed E-state index contributed by atoms with van der Waals surface area (Å²) in [5.74, 6) is 0. The lowest BCUT2D eigenvalue weighted by atomic mass is 10.0. The molecule has 96 valence electrons. The fraction of sp³-hybridized carbons (Fsp3) is 0.625. The molecule has 0 aromatic heterocycles. The average molecular weight is 233 g/mol. The van der Waals surface area contributed by atoms with Crippen LogP contribution in [0.3, 0.4) is 0 Å². The van der Waals surface area contributed by atoms with Crippen molar-refractivity contribution in [2.24, 2.45) is 0 Å². The molecular weight excluding hydrogens is 206 g/mol. The molecule has 0 aliphatic heterocycles. The van der Waals surface area contributed by atoms with Gasteiger partial charge < -0.3 is 4.90 Å². The third-order valence-electron chi connectivity index (χ3n) is 3.69. The quantitative estimate of drug-likeness (QED) is 0.688. The van der Waals surface area contributed by atoms with E-state index < -0.39 is 0 Å². The zero-order valence-corrected chi connectivity index (χ0v) is 12.1. The minimum atomic E-state index is 0.687. The second kappa shape index (κ2) is 6.68. The Hall–Kier alpha value is -0.980. The van der Waals surface area contributed by atoms with Gasteiger partial charge in [-0.15, -0.1) is 0 Å². The fourth-order valence-corrected chi connectivity index (χ4v) is 2.35. The Bertz CT molecular complexity index is 337. The van der Waals surface area contributed by atoms with Crippen molar-refractivity contribution in [1.82, 2.24) is 0 Å². The van der Waals surface area contributed by atoms with Gasteiger partial charge in [-0.3, -0.25) is 0 Å². The Kier molecular flexibility index (Phi) is 5.54. The van der Waals surface area contributed by atoms with Gasteiger partial charge in [0, 0.05) is 18.8 Å². The van der Waals surface area contributed by atoms with Gasteiger partial charge in [-0.2, -0.15) is 0 Å². The third-order valence-corrected chi connectivity index (χ3v) is 3.69. The van der Waals surface area contributed by atoms with E-state index in [9.17, 15) is 0 Å². The number of benzene rings is 1. The summed E-state index contributed by atoms with van der Waals surface area (Å²) < 4.78 is 0. The summed E-state index contributed by atoms with van der Waals surface area (Å²) in [6.45, 7) is 8.92. The van der Waals surface area contributed by atoms with Crippen LogP contribution in [0.25, 0.3) is 0 Å². The van der Waals surface area contributed by atoms with Gasteiger partial charge in [0.15, 0.2) is 0 Å². The molecule has 0 N–H and O–H groups in total. The van der Waals surface area contributed by atoms with Gasteiger partial charge in [-0.25, -0.2) is 0 Å². The number of nitrogens with zero attached hydrogens (tertiary/aromatic N) is 1. The van der Waals surface area contributed by atoms with Crippen LogP contribution in [0.2, 0.25) is 0 Å². The highest BCUT2D eigenvalue weighted by Gasteiger charge is 2.13. The van der Waals surface area contributed by atoms with Crippen LogP contribution in [-0.4, -0.2) is 13.1 Å². The zero-order valence-electron chi connectivity index (χ0n) is 12.1. The van der Waals surface area contributed by atoms with Crippen LogP contribution in [0.4, 0.5) is 5.69 Å². The van der Waals surface area contributed by atoms with Crippen molar-refractivity contribution in [2.45, 2.75) is 59.4 Å². The summed E-state index contributed by atoms with van der Waals surface area (Å²) in [6.07, 6.45) is 5.11. The molecule has 0 radical (unpaired) electrons. The van der Waals surface area contributed by atoms with E-state index in [0.29, 0.717) is 6.04 Å². The van der Waals surface area contributed by atoms with Gasteiger partial charge in [-0.1, -0.05) is 32.8 Å². The predicted octanol–water partition coefficient (Wildman–Crippen LogP) is 4.71. The Balaban J connectivity index is 2.84. The third kappa shape index (κ3) is 3.76. The first-order valence-corrected chi connectivity index (χ1v) is 6.90. The van der Waals surface area contributed by atoms with Gasteiger partial charge in [-0.05, 0) is 49.9 Å². The largest absolute Gasteiger partial charge is 0.372 e. The first kappa shape index (κ1) is 14.1. The highest BCUT2D eigenvalue weighted by molar-refractivity contribution is 5.50. The zero-order chi connectivity index (χ0) is 12.8. The average Bonchev–Trinajstić information content (AvgIpc) is 2.31. The van der Waals surface area contributed by atoms with E-state index in [4.69, 9.17) is 0 Å². The Morgan fingerprint density at radius 2 is 1.59 bits per heavy atom. The van der Waals surface area contributed by atoms with E-state index in [2.05, 4.69) is 57.8 Å². The molecule has 17 heavy (non-hydrogen) atoms. The summed E-state index contributed by atoms with van der Waals surface area (Å²) >= 11 is 0. The monoisotopic (exact) mass is 233 g/mol. The number of aryl methyl sites for hydroxylation is 2. The van der Waals surface area contributed by atoms with E-state index in [0.717, 1.165) is 0 Å². The molecular formula is C16H27N. The first-order chi connectivity index (χ1) is 8.10. The van der Waals surface area contributed by atoms with E-state index in [1.165, 1.54) is 42.5 Å². The van der Waals surface area contributed by atoms with Crippen molar-refractivity contribution in [3.63, 3.8) is 0 Å². The van der Waals surface area contributed by atoms with Crippen LogP contribution in [-0.2, 0) is 0 Å². The number of hydrogen-bond acceptors (Lipinski definition) is 1. The van der Waals surface area contributed by atoms with Crippen LogP contribution in [0, 0.1) is 13.8 Å². The van der Waals surface area contributed by atoms with Crippen molar-refractivity contribution >= 4 is 5.69 Å². The van der Waals surface area contributed by atoms with Crippen molar-refractivity contribution in [3.05, 3.63) is 29.3 Å². The molecule has 0 saturated carbocycles. The minimum Gasteiger partial charge on any atom is -0.372 e. The molecule has 0 fully saturated rings. The highest BCUT2D eigenvalue weighted by Crippen LogP contribution is 2.23. The molecule has 1 heteroatoms. The number of hydrogen-bond donors (Lipinski definition) is 0. The second-order valence-corrected chi connectivity index (χ2v) is 5.11. The maximum absolute atomic E-state index is 2.46. The van der Waals surface area contributed by atoms with Gasteiger partial charge in [0.1, 0.15) is 0 Å². The number of rotatable bonds is 6. The molecule has 0 saturated heterocycles. The topological polar surface area (TPSA) is 3.24 Å². The first-order valence-electron chi connectivity index (χ1n) is 6.90. The lowest BCUT2D eigenvalue weighted by Crippen LogP contribution is -2.31. The van der Waals surface area contributed by atoms with Crippen molar-refractivity contribution < 1.29 is 0 Å². The summed E-state index contributed by atoms with van der Waals surface area (Å²) in [7, 11) is 2.24. The van der Waals surface area contributed by atoms with Crippen LogP contribution in [0.15, 0.2) is 18.2 Å². The second-order valence-electron chi connectivity index (χ2n) is 5.11. The molecule has 0 aliphatic carbocycles. The maximum atomic E-state index is 2.46. The maximum Gasteiger partial charge on any atom is 0.0368 e. The van der Waals surface area contributed by atoms with Crippen LogP contribution >= 0.6 is 0 Å². The number of anilines is 1. The molecule has 0 spiro atoms. The van der Waals surface area contributed by atoms with E-state index in [-0.39, 0.29) is 0 Å². The molecule has 0 bridgehead atoms. The SMILES string of the molecule is CCCC(CCC)N(C)c1ccc(C)c(C)c1. The Labute approximate surface area is 107 Å². The summed E-state index contributed by atoms with van der Waals surface area (Å²) in [6, 6.07) is 7.48. The predicted molar refractivity (Wildman–Crippen MR) is 77.9 cm³/mol. The molecule has 1 aromatic rings. The summed E-state index contributed by atoms with van der Waals surface area (Å²) in [4.78, 5) is 2.46. The van der Waals surface area contributed by atoms with Crippen molar-refractivity contribution in [3.8, 4) is 0 Å². The van der Waals surface area contributed by atoms with Crippen LogP contribution < -0.4 is 4.90 Å². The Morgan fingerprint density at radius 1 is 1.00 bits per heavy atom. The van der Waals surface area contributed by atoms with Gasteiger partial charge >= 0.3 is 0 Å². The molecule has 1 nitrogen and oxygen atoms in total. The van der Waals surface area contributed by atoms with Crippen molar-refractivity contribution in [1.29, 1.82) is 0 Å². The molecule has 0 unspecified atom stereocenters. The van der Waals surface area contributed by atoms with E-state index >= 15 is 0 Å². The highest BCUT2D eigenvalue weighted by atomic mass is 15.1. The molecule has 0 amide bonds. The minimum absolute atomic E-state index is 0.687. The molecule has 0 heterocycles.